The van der Waals surface area contributed by atoms with Gasteiger partial charge >= 0.3 is 52.2 Å². The van der Waals surface area contributed by atoms with E-state index in [9.17, 15) is 133 Å². The molecule has 0 atom stereocenters. The maximum absolute atomic E-state index is 13.8. The van der Waals surface area contributed by atoms with Gasteiger partial charge in [0.15, 0.2) is 75.0 Å². The fourth-order valence-electron chi connectivity index (χ4n) is 4.47. The number of esters is 5. The van der Waals surface area contributed by atoms with Crippen LogP contribution < -0.4 is 9.47 Å². The van der Waals surface area contributed by atoms with Crippen LogP contribution in [0.15, 0.2) is 84.3 Å². The van der Waals surface area contributed by atoms with Crippen LogP contribution in [-0.2, 0) is 79.9 Å². The highest BCUT2D eigenvalue weighted by Gasteiger charge is 2.51. The van der Waals surface area contributed by atoms with E-state index in [1.54, 1.807) is 19.1 Å². The summed E-state index contributed by atoms with van der Waals surface area (Å²) >= 11 is 0. The number of carbonyl (C=O) groups is 5. The van der Waals surface area contributed by atoms with Crippen LogP contribution in [0.2, 0.25) is 0 Å². The lowest BCUT2D eigenvalue weighted by Crippen LogP contribution is -2.38. The Balaban J connectivity index is 0. The molecular weight excluding hydrogens is 1320 g/mol. The van der Waals surface area contributed by atoms with E-state index in [4.69, 9.17) is 4.74 Å². The smallest absolute Gasteiger partial charge is 0.367 e. The first-order valence-electron chi connectivity index (χ1n) is 22.9. The molecule has 3 aromatic carbocycles. The van der Waals surface area contributed by atoms with E-state index < -0.39 is 190 Å². The Morgan fingerprint density at radius 1 is 0.517 bits per heavy atom. The van der Waals surface area contributed by atoms with E-state index in [1.165, 1.54) is 39.8 Å². The van der Waals surface area contributed by atoms with Gasteiger partial charge in [0.1, 0.15) is 27.4 Å². The molecule has 0 heterocycles. The summed E-state index contributed by atoms with van der Waals surface area (Å²) in [5.74, 6) is -30.5. The molecule has 0 N–H and O–H groups in total. The van der Waals surface area contributed by atoms with Crippen molar-refractivity contribution in [2.45, 2.75) is 88.7 Å². The number of halogens is 16. The summed E-state index contributed by atoms with van der Waals surface area (Å²) in [7, 11) is -17.5. The summed E-state index contributed by atoms with van der Waals surface area (Å²) in [6, 6.07) is 6.11. The number of allylic oxidation sites excluding steroid dienone is 1. The highest BCUT2D eigenvalue weighted by Crippen LogP contribution is 2.37. The first-order chi connectivity index (χ1) is 39.9. The van der Waals surface area contributed by atoms with Gasteiger partial charge in [-0.3, -0.25) is 0 Å². The van der Waals surface area contributed by atoms with Gasteiger partial charge in [-0.25, -0.2) is 84.3 Å². The lowest BCUT2D eigenvalue weighted by Gasteiger charge is -2.22. The maximum Gasteiger partial charge on any atom is 0.367 e. The molecule has 0 aliphatic carbocycles. The van der Waals surface area contributed by atoms with Crippen LogP contribution in [0.1, 0.15) is 64.7 Å². The fraction of sp³-hybridized carbons (Fsp3) is 0.340. The molecule has 0 spiro atoms. The number of alkyl halides is 8. The molecule has 39 heteroatoms. The van der Waals surface area contributed by atoms with E-state index >= 15 is 0 Å². The number of carbonyl (C=O) groups excluding carboxylic acids is 5. The standard InChI is InChI=1S/C16H12F4O4S.C11H8F4O2.C9H12F4O2.C8H10F2O7S.C6H8F2O5S/c1-8(2)9-3-5-10(6-4-9)24-7-11-12(17)14(19)16(25(21,22)23)15(20)13(11)18;1-4(2)11(16)17-10-8(14)6(12)5(3)7(13)9(10)15;1-6(2)7(14)15-5-4-9(12,13)8(3,10)11;1-5(2)7(12)16-3-6(11)17-4-8(9,10)18(13,14)15;1-4(2)5(9)13-3-6(7,8)14(10,11)12/h3-6H,1,7H2,2H3,(H,21,22,23);1H2,2-3H3;1,4-5H2,2-3H3;1,3-4H2,2H3,(H,13,14,15);1,3H2,2H3,(H,10,11,12)/p-3. The van der Waals surface area contributed by atoms with Gasteiger partial charge in [-0.2, -0.15) is 35.1 Å². The average Bonchev–Trinajstić information content (AvgIpc) is 0.816. The van der Waals surface area contributed by atoms with E-state index in [-0.39, 0.29) is 35.0 Å². The van der Waals surface area contributed by atoms with E-state index in [2.05, 4.69) is 56.6 Å². The van der Waals surface area contributed by atoms with Crippen LogP contribution in [0.3, 0.4) is 0 Å². The minimum Gasteiger partial charge on any atom is -0.744 e. The summed E-state index contributed by atoms with van der Waals surface area (Å²) in [5, 5.41) is -9.35. The number of hydrogen-bond acceptors (Lipinski definition) is 20. The molecule has 0 aliphatic rings. The lowest BCUT2D eigenvalue weighted by molar-refractivity contribution is -0.206. The molecule has 0 bridgehead atoms. The third-order valence-corrected chi connectivity index (χ3v) is 12.0. The molecule has 89 heavy (non-hydrogen) atoms. The second-order valence-corrected chi connectivity index (χ2v) is 21.6. The van der Waals surface area contributed by atoms with Gasteiger partial charge < -0.3 is 42.1 Å². The highest BCUT2D eigenvalue weighted by atomic mass is 32.2. The van der Waals surface area contributed by atoms with Gasteiger partial charge in [0.05, 0.1) is 18.6 Å². The Bertz CT molecular complexity index is 3470. The van der Waals surface area contributed by atoms with E-state index in [0.29, 0.717) is 0 Å². The number of benzene rings is 3. The topological polar surface area (TPSA) is 312 Å². The number of hydrogen-bond donors (Lipinski definition) is 0. The van der Waals surface area contributed by atoms with Crippen LogP contribution in [0.5, 0.6) is 11.5 Å². The maximum atomic E-state index is 13.8. The van der Waals surface area contributed by atoms with Crippen LogP contribution in [0.4, 0.5) is 70.2 Å². The lowest BCUT2D eigenvalue weighted by atomic mass is 10.1. The Hall–Kier alpha value is -7.88. The fourth-order valence-corrected chi connectivity index (χ4v) is 5.50. The van der Waals surface area contributed by atoms with Crippen LogP contribution in [0.25, 0.3) is 5.57 Å². The van der Waals surface area contributed by atoms with Crippen LogP contribution in [0, 0.1) is 53.5 Å². The molecule has 0 unspecified atom stereocenters. The third kappa shape index (κ3) is 26.4. The predicted molar refractivity (Wildman–Crippen MR) is 269 cm³/mol. The third-order valence-electron chi connectivity index (χ3n) is 9.44. The van der Waals surface area contributed by atoms with Crippen molar-refractivity contribution in [3.8, 4) is 11.5 Å². The number of rotatable bonds is 22. The van der Waals surface area contributed by atoms with Gasteiger partial charge in [-0.05, 0) is 59.2 Å². The van der Waals surface area contributed by atoms with Crippen LogP contribution in [-0.4, -0.2) is 118 Å². The molecule has 0 saturated heterocycles. The molecular formula is C50H47F16O20S3-3. The Morgan fingerprint density at radius 3 is 1.24 bits per heavy atom. The van der Waals surface area contributed by atoms with Crippen molar-refractivity contribution in [3.63, 3.8) is 0 Å². The predicted octanol–water partition coefficient (Wildman–Crippen LogP) is 9.61. The Labute approximate surface area is 495 Å². The molecule has 500 valence electrons. The summed E-state index contributed by atoms with van der Waals surface area (Å²) < 4.78 is 325. The average molecular weight is 1370 g/mol. The second kappa shape index (κ2) is 33.6. The molecule has 0 saturated carbocycles. The molecule has 0 aliphatic heterocycles. The Morgan fingerprint density at radius 2 is 0.888 bits per heavy atom. The SMILES string of the molecule is C=C(C)C(=O)OCC(=O)OCC(F)(F)S(=O)(=O)[O-].C=C(C)C(=O)OCC(F)(F)S(=O)(=O)[O-].C=C(C)C(=O)OCCC(F)(F)C(C)(F)F.C=C(C)C(=O)Oc1c(F)c(F)c(C)c(F)c1F.C=C(C)c1ccc(OCc2c(F)c(F)c(S(=O)(=O)[O-])c(F)c2F)cc1. The van der Waals surface area contributed by atoms with Crippen molar-refractivity contribution < 1.29 is 162 Å². The van der Waals surface area contributed by atoms with Gasteiger partial charge in [0.25, 0.3) is 0 Å². The van der Waals surface area contributed by atoms with Crippen molar-refractivity contribution >= 4 is 65.8 Å². The summed E-state index contributed by atoms with van der Waals surface area (Å²) in [5.41, 5.74) is -0.790. The first kappa shape index (κ1) is 83.2. The van der Waals surface area contributed by atoms with Crippen molar-refractivity contribution in [2.75, 3.05) is 26.4 Å². The quantitative estimate of drug-likeness (QED) is 0.0172. The number of ether oxygens (including phenoxy) is 6. The van der Waals surface area contributed by atoms with Crippen molar-refractivity contribution in [3.05, 3.63) is 143 Å². The highest BCUT2D eigenvalue weighted by molar-refractivity contribution is 7.87. The first-order valence-corrected chi connectivity index (χ1v) is 27.1. The molecule has 0 radical (unpaired) electrons. The normalized spacial score (nSPS) is 11.6. The van der Waals surface area contributed by atoms with E-state index in [0.717, 1.165) is 18.1 Å². The van der Waals surface area contributed by atoms with Gasteiger partial charge in [-0.15, -0.1) is 0 Å². The minimum atomic E-state index is -5.93. The molecule has 0 amide bonds. The van der Waals surface area contributed by atoms with Gasteiger partial charge in [-0.1, -0.05) is 50.6 Å². The zero-order valence-electron chi connectivity index (χ0n) is 46.5. The zero-order chi connectivity index (χ0) is 70.7. The zero-order valence-corrected chi connectivity index (χ0v) is 49.0. The minimum absolute atomic E-state index is 0.0292. The molecule has 0 fully saturated rings. The second-order valence-electron chi connectivity index (χ2n) is 17.3. The van der Waals surface area contributed by atoms with E-state index in [1.807, 2.05) is 0 Å². The summed E-state index contributed by atoms with van der Waals surface area (Å²) in [4.78, 5) is 51.7. The molecule has 20 nitrogen and oxygen atoms in total. The van der Waals surface area contributed by atoms with Gasteiger partial charge in [0, 0.05) is 34.8 Å². The van der Waals surface area contributed by atoms with Crippen LogP contribution >= 0.6 is 0 Å². The van der Waals surface area contributed by atoms with Crippen molar-refractivity contribution in [2.24, 2.45) is 0 Å². The monoisotopic (exact) mass is 1370 g/mol. The largest absolute Gasteiger partial charge is 0.744 e. The van der Waals surface area contributed by atoms with Crippen molar-refractivity contribution in [1.82, 2.24) is 0 Å². The molecule has 3 rings (SSSR count). The van der Waals surface area contributed by atoms with Gasteiger partial charge in [0.2, 0.25) is 17.4 Å². The molecule has 3 aromatic rings. The Kier molecular flexibility index (Phi) is 31.4. The van der Waals surface area contributed by atoms with Crippen molar-refractivity contribution in [1.29, 1.82) is 0 Å². The molecule has 0 aromatic heterocycles. The summed E-state index contributed by atoms with van der Waals surface area (Å²) in [6.07, 6.45) is -1.21. The summed E-state index contributed by atoms with van der Waals surface area (Å²) in [6.45, 7) is 17.7.